The van der Waals surface area contributed by atoms with E-state index in [1.165, 1.54) is 0 Å². The molecule has 0 radical (unpaired) electrons. The number of unbranched alkanes of at least 4 members (excludes halogenated alkanes) is 1. The predicted octanol–water partition coefficient (Wildman–Crippen LogP) is 1.31. The van der Waals surface area contributed by atoms with Gasteiger partial charge in [0.25, 0.3) is 0 Å². The molecule has 62 valence electrons. The van der Waals surface area contributed by atoms with Crippen LogP contribution in [0.25, 0.3) is 0 Å². The molecule has 0 fully saturated rings. The van der Waals surface area contributed by atoms with Crippen LogP contribution in [0, 0.1) is 0 Å². The van der Waals surface area contributed by atoms with Crippen LogP contribution in [0.3, 0.4) is 0 Å². The van der Waals surface area contributed by atoms with Crippen molar-refractivity contribution in [1.29, 1.82) is 0 Å². The fourth-order valence-electron chi connectivity index (χ4n) is 0.969. The molecule has 0 amide bonds. The van der Waals surface area contributed by atoms with E-state index in [1.807, 2.05) is 0 Å². The fraction of sp³-hybridized carbons (Fsp3) is 1.00. The van der Waals surface area contributed by atoms with Crippen molar-refractivity contribution in [2.45, 2.75) is 45.1 Å². The summed E-state index contributed by atoms with van der Waals surface area (Å²) in [5.74, 6) is 0. The van der Waals surface area contributed by atoms with Crippen LogP contribution in [0.1, 0.15) is 39.0 Å². The molecule has 2 nitrogen and oxygen atoms in total. The van der Waals surface area contributed by atoms with Gasteiger partial charge in [-0.05, 0) is 25.7 Å². The van der Waals surface area contributed by atoms with Crippen LogP contribution >= 0.6 is 0 Å². The maximum Gasteiger partial charge on any atom is 0.0540 e. The van der Waals surface area contributed by atoms with Crippen LogP contribution in [-0.4, -0.2) is 22.9 Å². The van der Waals surface area contributed by atoms with Gasteiger partial charge in [-0.25, -0.2) is 0 Å². The summed E-state index contributed by atoms with van der Waals surface area (Å²) in [4.78, 5) is 0. The minimum Gasteiger partial charge on any atom is -0.396 e. The van der Waals surface area contributed by atoms with Gasteiger partial charge in [0.15, 0.2) is 0 Å². The molecule has 0 aliphatic carbocycles. The van der Waals surface area contributed by atoms with Crippen molar-refractivity contribution in [1.82, 2.24) is 0 Å². The molecule has 2 N–H and O–H groups in total. The lowest BCUT2D eigenvalue weighted by Gasteiger charge is -2.06. The zero-order valence-electron chi connectivity index (χ0n) is 6.71. The predicted molar refractivity (Wildman–Crippen MR) is 41.9 cm³/mol. The van der Waals surface area contributed by atoms with E-state index in [4.69, 9.17) is 5.11 Å². The highest BCUT2D eigenvalue weighted by molar-refractivity contribution is 4.53. The third-order valence-corrected chi connectivity index (χ3v) is 1.57. The van der Waals surface area contributed by atoms with Crippen LogP contribution < -0.4 is 0 Å². The largest absolute Gasteiger partial charge is 0.396 e. The molecule has 10 heavy (non-hydrogen) atoms. The van der Waals surface area contributed by atoms with Gasteiger partial charge < -0.3 is 10.2 Å². The first-order valence-corrected chi connectivity index (χ1v) is 4.10. The summed E-state index contributed by atoms with van der Waals surface area (Å²) in [5.41, 5.74) is 0. The van der Waals surface area contributed by atoms with Crippen molar-refractivity contribution < 1.29 is 10.2 Å². The van der Waals surface area contributed by atoms with Crippen LogP contribution in [0.15, 0.2) is 0 Å². The van der Waals surface area contributed by atoms with Crippen molar-refractivity contribution in [3.8, 4) is 0 Å². The summed E-state index contributed by atoms with van der Waals surface area (Å²) >= 11 is 0. The SMILES string of the molecule is CCCC(O)CCCCO. The Labute approximate surface area is 62.9 Å². The second kappa shape index (κ2) is 7.03. The molecule has 0 aliphatic heterocycles. The van der Waals surface area contributed by atoms with Gasteiger partial charge >= 0.3 is 0 Å². The normalized spacial score (nSPS) is 13.5. The lowest BCUT2D eigenvalue weighted by molar-refractivity contribution is 0.147. The van der Waals surface area contributed by atoms with Crippen molar-refractivity contribution in [3.63, 3.8) is 0 Å². The molecule has 0 aromatic rings. The Morgan fingerprint density at radius 1 is 1.20 bits per heavy atom. The Morgan fingerprint density at radius 2 is 1.90 bits per heavy atom. The molecule has 0 aromatic heterocycles. The molecule has 0 spiro atoms. The minimum absolute atomic E-state index is 0.142. The van der Waals surface area contributed by atoms with E-state index < -0.39 is 0 Å². The Bertz CT molecular complexity index is 64.3. The highest BCUT2D eigenvalue weighted by Crippen LogP contribution is 2.05. The second-order valence-electron chi connectivity index (χ2n) is 2.66. The monoisotopic (exact) mass is 146 g/mol. The summed E-state index contributed by atoms with van der Waals surface area (Å²) < 4.78 is 0. The number of aliphatic hydroxyl groups is 2. The van der Waals surface area contributed by atoms with Crippen molar-refractivity contribution in [3.05, 3.63) is 0 Å². The van der Waals surface area contributed by atoms with E-state index in [0.717, 1.165) is 32.1 Å². The topological polar surface area (TPSA) is 40.5 Å². The number of hydrogen-bond donors (Lipinski definition) is 2. The average molecular weight is 146 g/mol. The van der Waals surface area contributed by atoms with Crippen molar-refractivity contribution >= 4 is 0 Å². The maximum absolute atomic E-state index is 9.19. The molecule has 0 bridgehead atoms. The maximum atomic E-state index is 9.19. The highest BCUT2D eigenvalue weighted by Gasteiger charge is 2.00. The molecule has 1 atom stereocenters. The van der Waals surface area contributed by atoms with Gasteiger partial charge in [0.05, 0.1) is 6.10 Å². The van der Waals surface area contributed by atoms with Crippen molar-refractivity contribution in [2.24, 2.45) is 0 Å². The highest BCUT2D eigenvalue weighted by atomic mass is 16.3. The van der Waals surface area contributed by atoms with Crippen LogP contribution in [0.2, 0.25) is 0 Å². The lowest BCUT2D eigenvalue weighted by Crippen LogP contribution is -2.05. The molecule has 1 unspecified atom stereocenters. The number of rotatable bonds is 6. The molecule has 0 saturated carbocycles. The standard InChI is InChI=1S/C8H18O2/c1-2-5-8(10)6-3-4-7-9/h8-10H,2-7H2,1H3. The van der Waals surface area contributed by atoms with Gasteiger partial charge in [-0.3, -0.25) is 0 Å². The van der Waals surface area contributed by atoms with E-state index in [9.17, 15) is 5.11 Å². The van der Waals surface area contributed by atoms with E-state index in [2.05, 4.69) is 6.92 Å². The quantitative estimate of drug-likeness (QED) is 0.555. The van der Waals surface area contributed by atoms with E-state index >= 15 is 0 Å². The summed E-state index contributed by atoms with van der Waals surface area (Å²) in [6, 6.07) is 0. The summed E-state index contributed by atoms with van der Waals surface area (Å²) in [7, 11) is 0. The zero-order chi connectivity index (χ0) is 7.82. The Kier molecular flexibility index (Phi) is 6.98. The van der Waals surface area contributed by atoms with E-state index in [0.29, 0.717) is 0 Å². The van der Waals surface area contributed by atoms with E-state index in [1.54, 1.807) is 0 Å². The van der Waals surface area contributed by atoms with Crippen LogP contribution in [-0.2, 0) is 0 Å². The first kappa shape index (κ1) is 9.92. The number of aliphatic hydroxyl groups excluding tert-OH is 2. The van der Waals surface area contributed by atoms with Gasteiger partial charge in [0, 0.05) is 6.61 Å². The zero-order valence-corrected chi connectivity index (χ0v) is 6.71. The molecule has 0 rings (SSSR count). The minimum atomic E-state index is -0.142. The fourth-order valence-corrected chi connectivity index (χ4v) is 0.969. The summed E-state index contributed by atoms with van der Waals surface area (Å²) in [6.45, 7) is 2.31. The first-order valence-electron chi connectivity index (χ1n) is 4.10. The van der Waals surface area contributed by atoms with Crippen molar-refractivity contribution in [2.75, 3.05) is 6.61 Å². The summed E-state index contributed by atoms with van der Waals surface area (Å²) in [5, 5.41) is 17.6. The van der Waals surface area contributed by atoms with Gasteiger partial charge in [-0.1, -0.05) is 13.3 Å². The Balaban J connectivity index is 2.97. The number of hydrogen-bond acceptors (Lipinski definition) is 2. The van der Waals surface area contributed by atoms with Crippen LogP contribution in [0.4, 0.5) is 0 Å². The molecule has 0 aromatic carbocycles. The third-order valence-electron chi connectivity index (χ3n) is 1.57. The second-order valence-corrected chi connectivity index (χ2v) is 2.66. The van der Waals surface area contributed by atoms with Gasteiger partial charge in [-0.2, -0.15) is 0 Å². The molecule has 2 heteroatoms. The molecule has 0 aliphatic rings. The summed E-state index contributed by atoms with van der Waals surface area (Å²) in [6.07, 6.45) is 4.40. The van der Waals surface area contributed by atoms with Gasteiger partial charge in [0.2, 0.25) is 0 Å². The average Bonchev–Trinajstić information content (AvgIpc) is 1.89. The molecular weight excluding hydrogens is 128 g/mol. The lowest BCUT2D eigenvalue weighted by atomic mass is 10.1. The van der Waals surface area contributed by atoms with E-state index in [-0.39, 0.29) is 12.7 Å². The van der Waals surface area contributed by atoms with Gasteiger partial charge in [-0.15, -0.1) is 0 Å². The third kappa shape index (κ3) is 6.05. The first-order chi connectivity index (χ1) is 4.81. The Morgan fingerprint density at radius 3 is 2.40 bits per heavy atom. The molecular formula is C8H18O2. The Hall–Kier alpha value is -0.0800. The smallest absolute Gasteiger partial charge is 0.0540 e. The van der Waals surface area contributed by atoms with Gasteiger partial charge in [0.1, 0.15) is 0 Å². The molecule has 0 heterocycles. The van der Waals surface area contributed by atoms with Crippen LogP contribution in [0.5, 0.6) is 0 Å². The molecule has 0 saturated heterocycles.